The molecule has 0 bridgehead atoms. The third kappa shape index (κ3) is 4.54. The zero-order valence-electron chi connectivity index (χ0n) is 19.9. The third-order valence-corrected chi connectivity index (χ3v) is 6.08. The fourth-order valence-corrected chi connectivity index (χ4v) is 4.18. The summed E-state index contributed by atoms with van der Waals surface area (Å²) in [6, 6.07) is 11.8. The zero-order chi connectivity index (χ0) is 26.3. The molecule has 2 aromatic heterocycles. The Hall–Kier alpha value is -4.93. The van der Waals surface area contributed by atoms with Gasteiger partial charge >= 0.3 is 6.03 Å². The van der Waals surface area contributed by atoms with E-state index in [1.54, 1.807) is 49.4 Å². The highest BCUT2D eigenvalue weighted by Crippen LogP contribution is 2.32. The van der Waals surface area contributed by atoms with Gasteiger partial charge in [-0.05, 0) is 42.0 Å². The smallest absolute Gasteiger partial charge is 0.322 e. The van der Waals surface area contributed by atoms with E-state index in [0.717, 1.165) is 16.9 Å². The van der Waals surface area contributed by atoms with E-state index in [1.807, 2.05) is 12.1 Å². The van der Waals surface area contributed by atoms with Crippen molar-refractivity contribution in [2.75, 3.05) is 19.9 Å². The summed E-state index contributed by atoms with van der Waals surface area (Å²) in [5.74, 6) is 0.391. The molecule has 0 saturated carbocycles. The van der Waals surface area contributed by atoms with Gasteiger partial charge in [0.25, 0.3) is 11.8 Å². The van der Waals surface area contributed by atoms with Crippen LogP contribution in [0.25, 0.3) is 22.1 Å². The van der Waals surface area contributed by atoms with E-state index < -0.39 is 23.8 Å². The monoisotopic (exact) mass is 503 g/mol. The molecule has 1 atom stereocenters. The molecule has 4 amide bonds. The molecule has 4 N–H and O–H groups in total. The standard InChI is InChI=1S/C16H11FN4O3.C10H11NO2/c17-10-5-11-8(3-9(10)7-1-2-13(18)19-6-7)4-12(24-11)14-15(22)21-16(23)20-14;1-11-6-7-3-4-8(13-2)5-9(7)10(11)12/h1-6,14H,(H2,18,19)(H2,20,21,22,23);3-5H,6H2,1-2H3. The molecular formula is C26H22FN5O5. The Kier molecular flexibility index (Phi) is 5.96. The fourth-order valence-electron chi connectivity index (χ4n) is 4.18. The van der Waals surface area contributed by atoms with Gasteiger partial charge in [-0.1, -0.05) is 6.07 Å². The molecule has 11 heteroatoms. The molecule has 1 fully saturated rings. The van der Waals surface area contributed by atoms with Crippen molar-refractivity contribution in [2.24, 2.45) is 0 Å². The van der Waals surface area contributed by atoms with Gasteiger partial charge in [-0.25, -0.2) is 14.2 Å². The predicted molar refractivity (Wildman–Crippen MR) is 132 cm³/mol. The van der Waals surface area contributed by atoms with E-state index in [1.165, 1.54) is 12.3 Å². The van der Waals surface area contributed by atoms with Crippen LogP contribution in [0.15, 0.2) is 59.1 Å². The summed E-state index contributed by atoms with van der Waals surface area (Å²) in [5, 5.41) is 5.16. The Labute approximate surface area is 210 Å². The number of anilines is 1. The Balaban J connectivity index is 0.000000182. The van der Waals surface area contributed by atoms with Crippen molar-refractivity contribution in [3.63, 3.8) is 0 Å². The first kappa shape index (κ1) is 23.8. The van der Waals surface area contributed by atoms with Crippen LogP contribution >= 0.6 is 0 Å². The van der Waals surface area contributed by atoms with Gasteiger partial charge in [0.2, 0.25) is 0 Å². The van der Waals surface area contributed by atoms with E-state index in [-0.39, 0.29) is 17.3 Å². The average Bonchev–Trinajstić information content (AvgIpc) is 3.53. The number of urea groups is 1. The molecule has 37 heavy (non-hydrogen) atoms. The van der Waals surface area contributed by atoms with E-state index in [0.29, 0.717) is 28.9 Å². The van der Waals surface area contributed by atoms with Crippen LogP contribution in [0.5, 0.6) is 5.75 Å². The number of nitrogens with two attached hydrogens (primary N) is 1. The molecule has 2 aliphatic rings. The SMILES string of the molecule is COc1ccc2c(c1)C(=O)N(C)C2.Nc1ccc(-c2cc3cc(C4NC(=O)NC4=O)oc3cc2F)cn1. The maximum absolute atomic E-state index is 14.4. The number of aromatic nitrogens is 1. The van der Waals surface area contributed by atoms with Crippen LogP contribution < -0.4 is 21.1 Å². The lowest BCUT2D eigenvalue weighted by atomic mass is 10.0. The first-order valence-corrected chi connectivity index (χ1v) is 11.2. The fraction of sp³-hybridized carbons (Fsp3) is 0.154. The Bertz CT molecular complexity index is 1550. The van der Waals surface area contributed by atoms with E-state index >= 15 is 0 Å². The quantitative estimate of drug-likeness (QED) is 0.364. The lowest BCUT2D eigenvalue weighted by molar-refractivity contribution is -0.120. The molecule has 2 aromatic carbocycles. The van der Waals surface area contributed by atoms with Gasteiger partial charge in [-0.3, -0.25) is 14.9 Å². The molecular weight excluding hydrogens is 481 g/mol. The van der Waals surface area contributed by atoms with Crippen molar-refractivity contribution in [1.82, 2.24) is 20.5 Å². The second-order valence-electron chi connectivity index (χ2n) is 8.57. The number of furan rings is 1. The number of nitrogens with zero attached hydrogens (tertiary/aromatic N) is 2. The van der Waals surface area contributed by atoms with Gasteiger partial charge in [0.05, 0.1) is 7.11 Å². The summed E-state index contributed by atoms with van der Waals surface area (Å²) < 4.78 is 24.9. The molecule has 1 saturated heterocycles. The van der Waals surface area contributed by atoms with Crippen LogP contribution in [-0.4, -0.2) is 41.9 Å². The van der Waals surface area contributed by atoms with Gasteiger partial charge < -0.3 is 25.1 Å². The number of amides is 4. The summed E-state index contributed by atoms with van der Waals surface area (Å²) >= 11 is 0. The molecule has 0 aliphatic carbocycles. The topological polar surface area (TPSA) is 140 Å². The van der Waals surface area contributed by atoms with Crippen LogP contribution in [0.4, 0.5) is 15.0 Å². The molecule has 2 aliphatic heterocycles. The first-order valence-electron chi connectivity index (χ1n) is 11.2. The van der Waals surface area contributed by atoms with Crippen molar-refractivity contribution in [2.45, 2.75) is 12.6 Å². The zero-order valence-corrected chi connectivity index (χ0v) is 19.9. The number of ether oxygens (including phenoxy) is 1. The van der Waals surface area contributed by atoms with Gasteiger partial charge in [-0.15, -0.1) is 0 Å². The largest absolute Gasteiger partial charge is 0.497 e. The number of imide groups is 1. The van der Waals surface area contributed by atoms with Crippen LogP contribution in [0.2, 0.25) is 0 Å². The minimum Gasteiger partial charge on any atom is -0.497 e. The number of pyridine rings is 1. The summed E-state index contributed by atoms with van der Waals surface area (Å²) in [6.45, 7) is 0.707. The highest BCUT2D eigenvalue weighted by atomic mass is 19.1. The number of hydrogen-bond donors (Lipinski definition) is 3. The number of methoxy groups -OCH3 is 1. The van der Waals surface area contributed by atoms with Crippen LogP contribution in [0, 0.1) is 5.82 Å². The molecule has 4 heterocycles. The number of rotatable bonds is 3. The van der Waals surface area contributed by atoms with Gasteiger partial charge in [0, 0.05) is 47.9 Å². The van der Waals surface area contributed by atoms with Crippen molar-refractivity contribution in [1.29, 1.82) is 0 Å². The number of hydrogen-bond acceptors (Lipinski definition) is 7. The number of benzene rings is 2. The summed E-state index contributed by atoms with van der Waals surface area (Å²) in [5.41, 5.74) is 8.57. The van der Waals surface area contributed by atoms with Crippen LogP contribution in [-0.2, 0) is 11.3 Å². The first-order chi connectivity index (χ1) is 17.7. The summed E-state index contributed by atoms with van der Waals surface area (Å²) in [6.07, 6.45) is 1.48. The molecule has 4 aromatic rings. The summed E-state index contributed by atoms with van der Waals surface area (Å²) in [4.78, 5) is 40.1. The molecule has 6 rings (SSSR count). The van der Waals surface area contributed by atoms with E-state index in [9.17, 15) is 18.8 Å². The van der Waals surface area contributed by atoms with Crippen molar-refractivity contribution in [3.05, 3.63) is 77.4 Å². The van der Waals surface area contributed by atoms with Crippen molar-refractivity contribution >= 4 is 34.6 Å². The number of nitrogens with one attached hydrogen (secondary N) is 2. The Morgan fingerprint density at radius 3 is 2.59 bits per heavy atom. The summed E-state index contributed by atoms with van der Waals surface area (Å²) in [7, 11) is 3.40. The predicted octanol–water partition coefficient (Wildman–Crippen LogP) is 3.38. The van der Waals surface area contributed by atoms with Crippen LogP contribution in [0.3, 0.4) is 0 Å². The number of fused-ring (bicyclic) bond motifs is 2. The maximum Gasteiger partial charge on any atom is 0.322 e. The van der Waals surface area contributed by atoms with Gasteiger partial charge in [0.1, 0.15) is 28.7 Å². The molecule has 10 nitrogen and oxygen atoms in total. The average molecular weight is 503 g/mol. The van der Waals surface area contributed by atoms with Crippen molar-refractivity contribution in [3.8, 4) is 16.9 Å². The normalized spacial score (nSPS) is 16.2. The molecule has 0 spiro atoms. The van der Waals surface area contributed by atoms with Crippen molar-refractivity contribution < 1.29 is 27.9 Å². The Morgan fingerprint density at radius 1 is 1.11 bits per heavy atom. The molecule has 0 radical (unpaired) electrons. The molecule has 1 unspecified atom stereocenters. The van der Waals surface area contributed by atoms with Gasteiger partial charge in [-0.2, -0.15) is 0 Å². The minimum absolute atomic E-state index is 0.0777. The number of carbonyl (C=O) groups excluding carboxylic acids is 3. The lowest BCUT2D eigenvalue weighted by Crippen LogP contribution is -2.22. The Morgan fingerprint density at radius 2 is 1.92 bits per heavy atom. The number of carbonyl (C=O) groups is 3. The number of nitrogen functional groups attached to an aromatic ring is 1. The van der Waals surface area contributed by atoms with Crippen LogP contribution in [0.1, 0.15) is 27.7 Å². The highest BCUT2D eigenvalue weighted by molar-refractivity contribution is 6.04. The second kappa shape index (κ2) is 9.26. The molecule has 188 valence electrons. The van der Waals surface area contributed by atoms with E-state index in [4.69, 9.17) is 14.9 Å². The second-order valence-corrected chi connectivity index (χ2v) is 8.57. The third-order valence-electron chi connectivity index (χ3n) is 6.08. The number of halogens is 1. The lowest BCUT2D eigenvalue weighted by Gasteiger charge is -2.04. The maximum atomic E-state index is 14.4. The van der Waals surface area contributed by atoms with Gasteiger partial charge in [0.15, 0.2) is 6.04 Å². The highest BCUT2D eigenvalue weighted by Gasteiger charge is 2.33. The minimum atomic E-state index is -0.922. The van der Waals surface area contributed by atoms with E-state index in [2.05, 4.69) is 15.6 Å².